The van der Waals surface area contributed by atoms with Crippen LogP contribution < -0.4 is 5.73 Å². The van der Waals surface area contributed by atoms with Crippen LogP contribution in [0, 0.1) is 5.41 Å². The molecule has 15 heavy (non-hydrogen) atoms. The van der Waals surface area contributed by atoms with E-state index in [1.165, 1.54) is 0 Å². The zero-order valence-corrected chi connectivity index (χ0v) is 9.53. The molecule has 0 amide bonds. The first-order valence-corrected chi connectivity index (χ1v) is 5.09. The molecule has 0 aromatic carbocycles. The van der Waals surface area contributed by atoms with Crippen LogP contribution in [0.3, 0.4) is 0 Å². The maximum absolute atomic E-state index is 11.8. The molecule has 82 valence electrons. The van der Waals surface area contributed by atoms with E-state index in [-0.39, 0.29) is 11.2 Å². The van der Waals surface area contributed by atoms with Gasteiger partial charge in [0.25, 0.3) is 0 Å². The molecular weight excluding hydrogens is 188 g/mol. The summed E-state index contributed by atoms with van der Waals surface area (Å²) in [5, 5.41) is 0. The van der Waals surface area contributed by atoms with Gasteiger partial charge in [0.1, 0.15) is 0 Å². The molecule has 0 spiro atoms. The summed E-state index contributed by atoms with van der Waals surface area (Å²) in [7, 11) is 0. The number of ketones is 1. The van der Waals surface area contributed by atoms with Crippen LogP contribution in [0.15, 0.2) is 24.4 Å². The highest BCUT2D eigenvalue weighted by Gasteiger charge is 2.27. The van der Waals surface area contributed by atoms with Crippen LogP contribution >= 0.6 is 0 Å². The third kappa shape index (κ3) is 3.44. The molecule has 0 aliphatic heterocycles. The largest absolute Gasteiger partial charge is 0.321 e. The van der Waals surface area contributed by atoms with Gasteiger partial charge in [0, 0.05) is 11.9 Å². The number of carbonyl (C=O) groups excluding carboxylic acids is 1. The molecule has 0 aliphatic rings. The summed E-state index contributed by atoms with van der Waals surface area (Å²) >= 11 is 0. The van der Waals surface area contributed by atoms with Crippen molar-refractivity contribution in [1.29, 1.82) is 0 Å². The maximum atomic E-state index is 11.8. The molecule has 1 atom stereocenters. The zero-order chi connectivity index (χ0) is 11.5. The summed E-state index contributed by atoms with van der Waals surface area (Å²) in [5.41, 5.74) is 6.46. The number of rotatable bonds is 3. The molecular formula is C12H18N2O. The third-order valence-electron chi connectivity index (χ3n) is 2.36. The first-order chi connectivity index (χ1) is 6.91. The highest BCUT2D eigenvalue weighted by molar-refractivity contribution is 5.86. The van der Waals surface area contributed by atoms with E-state index in [9.17, 15) is 4.79 Å². The fraction of sp³-hybridized carbons (Fsp3) is 0.500. The van der Waals surface area contributed by atoms with Crippen LogP contribution in [0.1, 0.15) is 26.5 Å². The van der Waals surface area contributed by atoms with E-state index in [1.807, 2.05) is 39.0 Å². The van der Waals surface area contributed by atoms with Crippen LogP contribution in [-0.2, 0) is 11.2 Å². The predicted octanol–water partition coefficient (Wildman–Crippen LogP) is 1.57. The molecule has 1 aromatic heterocycles. The Kier molecular flexibility index (Phi) is 3.58. The Morgan fingerprint density at radius 1 is 1.47 bits per heavy atom. The average molecular weight is 206 g/mol. The second kappa shape index (κ2) is 4.53. The normalized spacial score (nSPS) is 13.6. The summed E-state index contributed by atoms with van der Waals surface area (Å²) in [4.78, 5) is 15.9. The van der Waals surface area contributed by atoms with Crippen molar-refractivity contribution in [1.82, 2.24) is 4.98 Å². The first-order valence-electron chi connectivity index (χ1n) is 5.09. The topological polar surface area (TPSA) is 56.0 Å². The molecule has 1 aromatic rings. The molecule has 0 bridgehead atoms. The fourth-order valence-corrected chi connectivity index (χ4v) is 1.27. The van der Waals surface area contributed by atoms with E-state index in [4.69, 9.17) is 5.73 Å². The number of Topliss-reactive ketones (excluding diaryl/α,β-unsaturated/α-hetero) is 1. The third-order valence-corrected chi connectivity index (χ3v) is 2.36. The maximum Gasteiger partial charge on any atom is 0.155 e. The molecule has 0 aliphatic carbocycles. The minimum absolute atomic E-state index is 0.0428. The second-order valence-corrected chi connectivity index (χ2v) is 4.81. The number of nitrogens with two attached hydrogens (primary N) is 1. The van der Waals surface area contributed by atoms with Crippen molar-refractivity contribution in [2.75, 3.05) is 0 Å². The zero-order valence-electron chi connectivity index (χ0n) is 9.53. The lowest BCUT2D eigenvalue weighted by atomic mass is 9.84. The van der Waals surface area contributed by atoms with E-state index in [0.29, 0.717) is 6.42 Å². The highest BCUT2D eigenvalue weighted by atomic mass is 16.1. The fourth-order valence-electron chi connectivity index (χ4n) is 1.27. The van der Waals surface area contributed by atoms with Gasteiger partial charge in [-0.1, -0.05) is 26.8 Å². The Bertz CT molecular complexity index is 327. The summed E-state index contributed by atoms with van der Waals surface area (Å²) in [6.45, 7) is 5.90. The Morgan fingerprint density at radius 2 is 2.13 bits per heavy atom. The number of pyridine rings is 1. The van der Waals surface area contributed by atoms with Crippen LogP contribution in [0.2, 0.25) is 0 Å². The standard InChI is InChI=1S/C12H18N2O/c1-12(2,3)11(13)10(15)8-9-6-4-5-7-14-9/h4-7,11H,8,13H2,1-3H3. The second-order valence-electron chi connectivity index (χ2n) is 4.81. The van der Waals surface area contributed by atoms with Gasteiger partial charge in [0.2, 0.25) is 0 Å². The summed E-state index contributed by atoms with van der Waals surface area (Å²) in [6.07, 6.45) is 2.00. The van der Waals surface area contributed by atoms with Crippen LogP contribution in [0.5, 0.6) is 0 Å². The van der Waals surface area contributed by atoms with Crippen molar-refractivity contribution < 1.29 is 4.79 Å². The van der Waals surface area contributed by atoms with Gasteiger partial charge in [-0.3, -0.25) is 9.78 Å². The Labute approximate surface area is 90.7 Å². The lowest BCUT2D eigenvalue weighted by Gasteiger charge is -2.25. The highest BCUT2D eigenvalue weighted by Crippen LogP contribution is 2.18. The van der Waals surface area contributed by atoms with E-state index in [1.54, 1.807) is 6.20 Å². The number of hydrogen-bond donors (Lipinski definition) is 1. The lowest BCUT2D eigenvalue weighted by molar-refractivity contribution is -0.121. The molecule has 1 rings (SSSR count). The SMILES string of the molecule is CC(C)(C)C(N)C(=O)Cc1ccccn1. The van der Waals surface area contributed by atoms with Crippen LogP contribution in [0.25, 0.3) is 0 Å². The van der Waals surface area contributed by atoms with Crippen LogP contribution in [-0.4, -0.2) is 16.8 Å². The Morgan fingerprint density at radius 3 is 2.60 bits per heavy atom. The van der Waals surface area contributed by atoms with Crippen molar-refractivity contribution in [3.05, 3.63) is 30.1 Å². The summed E-state index contributed by atoms with van der Waals surface area (Å²) in [6, 6.07) is 5.11. The lowest BCUT2D eigenvalue weighted by Crippen LogP contribution is -2.43. The summed E-state index contributed by atoms with van der Waals surface area (Å²) < 4.78 is 0. The van der Waals surface area contributed by atoms with Crippen molar-refractivity contribution >= 4 is 5.78 Å². The smallest absolute Gasteiger partial charge is 0.155 e. The molecule has 0 fully saturated rings. The van der Waals surface area contributed by atoms with Crippen LogP contribution in [0.4, 0.5) is 0 Å². The Balaban J connectivity index is 2.65. The van der Waals surface area contributed by atoms with Gasteiger partial charge in [-0.25, -0.2) is 0 Å². The van der Waals surface area contributed by atoms with Gasteiger partial charge in [0.15, 0.2) is 5.78 Å². The van der Waals surface area contributed by atoms with Gasteiger partial charge in [-0.05, 0) is 17.5 Å². The van der Waals surface area contributed by atoms with Crippen molar-refractivity contribution in [3.8, 4) is 0 Å². The van der Waals surface area contributed by atoms with E-state index >= 15 is 0 Å². The number of hydrogen-bond acceptors (Lipinski definition) is 3. The number of carbonyl (C=O) groups is 1. The molecule has 1 unspecified atom stereocenters. The molecule has 0 saturated heterocycles. The minimum Gasteiger partial charge on any atom is -0.321 e. The van der Waals surface area contributed by atoms with E-state index in [2.05, 4.69) is 4.98 Å². The average Bonchev–Trinajstić information content (AvgIpc) is 2.16. The molecule has 0 radical (unpaired) electrons. The molecule has 3 heteroatoms. The van der Waals surface area contributed by atoms with E-state index in [0.717, 1.165) is 5.69 Å². The van der Waals surface area contributed by atoms with Crippen molar-refractivity contribution in [3.63, 3.8) is 0 Å². The Hall–Kier alpha value is -1.22. The molecule has 3 nitrogen and oxygen atoms in total. The van der Waals surface area contributed by atoms with Gasteiger partial charge in [0.05, 0.1) is 12.5 Å². The van der Waals surface area contributed by atoms with Gasteiger partial charge >= 0.3 is 0 Å². The van der Waals surface area contributed by atoms with E-state index < -0.39 is 6.04 Å². The van der Waals surface area contributed by atoms with Gasteiger partial charge in [-0.15, -0.1) is 0 Å². The van der Waals surface area contributed by atoms with Crippen molar-refractivity contribution in [2.24, 2.45) is 11.1 Å². The monoisotopic (exact) mass is 206 g/mol. The molecule has 2 N–H and O–H groups in total. The van der Waals surface area contributed by atoms with Gasteiger partial charge < -0.3 is 5.73 Å². The molecule has 1 heterocycles. The first kappa shape index (κ1) is 11.9. The number of nitrogens with zero attached hydrogens (tertiary/aromatic N) is 1. The minimum atomic E-state index is -0.431. The molecule has 0 saturated carbocycles. The number of aromatic nitrogens is 1. The van der Waals surface area contributed by atoms with Crippen molar-refractivity contribution in [2.45, 2.75) is 33.2 Å². The van der Waals surface area contributed by atoms with Gasteiger partial charge in [-0.2, -0.15) is 0 Å². The summed E-state index contributed by atoms with van der Waals surface area (Å²) in [5.74, 6) is 0.0428. The quantitative estimate of drug-likeness (QED) is 0.816. The predicted molar refractivity (Wildman–Crippen MR) is 60.4 cm³/mol.